The molecule has 0 fully saturated rings. The Kier molecular flexibility index (Phi) is 5.61. The Labute approximate surface area is 157 Å². The first kappa shape index (κ1) is 18.3. The summed E-state index contributed by atoms with van der Waals surface area (Å²) < 4.78 is 16.0. The van der Waals surface area contributed by atoms with E-state index in [9.17, 15) is 4.79 Å². The standard InChI is InChI=1S/C20H21N3O4/c1-13-18(23-19(27-13)14-7-9-16(25-2)10-8-14)12-21-20(24)22-15-5-4-6-17(11-15)26-3/h4-11H,12H2,1-3H3,(H2,21,22,24). The van der Waals surface area contributed by atoms with E-state index < -0.39 is 0 Å². The fraction of sp³-hybridized carbons (Fsp3) is 0.200. The molecule has 0 radical (unpaired) electrons. The van der Waals surface area contributed by atoms with Gasteiger partial charge in [-0.05, 0) is 43.3 Å². The quantitative estimate of drug-likeness (QED) is 0.688. The van der Waals surface area contributed by atoms with Gasteiger partial charge in [-0.15, -0.1) is 0 Å². The second-order valence-electron chi connectivity index (χ2n) is 5.79. The van der Waals surface area contributed by atoms with Crippen molar-refractivity contribution in [2.45, 2.75) is 13.5 Å². The Morgan fingerprint density at radius 2 is 1.81 bits per heavy atom. The van der Waals surface area contributed by atoms with Crippen LogP contribution in [-0.2, 0) is 6.54 Å². The number of hydrogen-bond acceptors (Lipinski definition) is 5. The maximum absolute atomic E-state index is 12.1. The molecule has 7 nitrogen and oxygen atoms in total. The van der Waals surface area contributed by atoms with Gasteiger partial charge in [0.25, 0.3) is 0 Å². The zero-order valence-electron chi connectivity index (χ0n) is 15.4. The van der Waals surface area contributed by atoms with E-state index in [1.165, 1.54) is 0 Å². The second-order valence-corrected chi connectivity index (χ2v) is 5.79. The summed E-state index contributed by atoms with van der Waals surface area (Å²) in [5.41, 5.74) is 2.15. The van der Waals surface area contributed by atoms with E-state index in [0.29, 0.717) is 28.8 Å². The molecule has 2 N–H and O–H groups in total. The maximum atomic E-state index is 12.1. The van der Waals surface area contributed by atoms with Gasteiger partial charge in [0.1, 0.15) is 23.0 Å². The predicted molar refractivity (Wildman–Crippen MR) is 102 cm³/mol. The number of benzene rings is 2. The van der Waals surface area contributed by atoms with Crippen LogP contribution in [0.25, 0.3) is 11.5 Å². The van der Waals surface area contributed by atoms with Crippen LogP contribution in [0.2, 0.25) is 0 Å². The summed E-state index contributed by atoms with van der Waals surface area (Å²) in [6, 6.07) is 14.2. The number of urea groups is 1. The van der Waals surface area contributed by atoms with Crippen LogP contribution >= 0.6 is 0 Å². The molecular formula is C20H21N3O4. The third-order valence-corrected chi connectivity index (χ3v) is 3.97. The number of carbonyl (C=O) groups is 1. The number of methoxy groups -OCH3 is 2. The number of nitrogens with one attached hydrogen (secondary N) is 2. The van der Waals surface area contributed by atoms with Crippen LogP contribution in [0.3, 0.4) is 0 Å². The van der Waals surface area contributed by atoms with Gasteiger partial charge >= 0.3 is 6.03 Å². The van der Waals surface area contributed by atoms with E-state index in [2.05, 4.69) is 15.6 Å². The largest absolute Gasteiger partial charge is 0.497 e. The molecule has 1 heterocycles. The smallest absolute Gasteiger partial charge is 0.319 e. The number of anilines is 1. The van der Waals surface area contributed by atoms with Gasteiger partial charge in [-0.3, -0.25) is 0 Å². The van der Waals surface area contributed by atoms with Crippen molar-refractivity contribution in [2.24, 2.45) is 0 Å². The lowest BCUT2D eigenvalue weighted by atomic mass is 10.2. The molecule has 0 spiro atoms. The summed E-state index contributed by atoms with van der Waals surface area (Å²) in [5.74, 6) is 2.59. The molecular weight excluding hydrogens is 346 g/mol. The van der Waals surface area contributed by atoms with Crippen molar-refractivity contribution < 1.29 is 18.7 Å². The minimum Gasteiger partial charge on any atom is -0.497 e. The Balaban J connectivity index is 1.62. The van der Waals surface area contributed by atoms with Crippen molar-refractivity contribution in [1.82, 2.24) is 10.3 Å². The summed E-state index contributed by atoms with van der Waals surface area (Å²) >= 11 is 0. The lowest BCUT2D eigenvalue weighted by Crippen LogP contribution is -2.28. The van der Waals surface area contributed by atoms with Crippen molar-refractivity contribution in [3.05, 3.63) is 60.0 Å². The number of rotatable bonds is 6. The Morgan fingerprint density at radius 3 is 2.52 bits per heavy atom. The molecule has 3 rings (SSSR count). The molecule has 0 aliphatic heterocycles. The van der Waals surface area contributed by atoms with Gasteiger partial charge in [-0.25, -0.2) is 9.78 Å². The molecule has 7 heteroatoms. The second kappa shape index (κ2) is 8.27. The van der Waals surface area contributed by atoms with Crippen molar-refractivity contribution in [3.63, 3.8) is 0 Å². The number of aromatic nitrogens is 1. The van der Waals surface area contributed by atoms with E-state index in [1.54, 1.807) is 32.4 Å². The molecule has 0 aliphatic carbocycles. The molecule has 140 valence electrons. The number of nitrogens with zero attached hydrogens (tertiary/aromatic N) is 1. The number of ether oxygens (including phenoxy) is 2. The molecule has 0 saturated heterocycles. The topological polar surface area (TPSA) is 85.6 Å². The predicted octanol–water partition coefficient (Wildman–Crippen LogP) is 3.99. The highest BCUT2D eigenvalue weighted by Crippen LogP contribution is 2.24. The lowest BCUT2D eigenvalue weighted by Gasteiger charge is -2.08. The van der Waals surface area contributed by atoms with Gasteiger partial charge in [-0.1, -0.05) is 6.07 Å². The van der Waals surface area contributed by atoms with E-state index >= 15 is 0 Å². The third-order valence-electron chi connectivity index (χ3n) is 3.97. The van der Waals surface area contributed by atoms with Crippen molar-refractivity contribution in [3.8, 4) is 23.0 Å². The third kappa shape index (κ3) is 4.58. The van der Waals surface area contributed by atoms with E-state index in [-0.39, 0.29) is 12.6 Å². The fourth-order valence-electron chi connectivity index (χ4n) is 2.49. The monoisotopic (exact) mass is 367 g/mol. The first-order valence-corrected chi connectivity index (χ1v) is 8.38. The summed E-state index contributed by atoms with van der Waals surface area (Å²) in [4.78, 5) is 16.6. The van der Waals surface area contributed by atoms with Crippen LogP contribution in [0, 0.1) is 6.92 Å². The molecule has 2 aromatic carbocycles. The minimum absolute atomic E-state index is 0.251. The van der Waals surface area contributed by atoms with Crippen LogP contribution in [0.15, 0.2) is 52.9 Å². The maximum Gasteiger partial charge on any atom is 0.319 e. The summed E-state index contributed by atoms with van der Waals surface area (Å²) in [7, 11) is 3.19. The summed E-state index contributed by atoms with van der Waals surface area (Å²) in [6.07, 6.45) is 0. The molecule has 0 aliphatic rings. The zero-order chi connectivity index (χ0) is 19.2. The highest BCUT2D eigenvalue weighted by Gasteiger charge is 2.13. The number of amides is 2. The Bertz CT molecular complexity index is 919. The van der Waals surface area contributed by atoms with Gasteiger partial charge in [0.2, 0.25) is 5.89 Å². The molecule has 3 aromatic rings. The summed E-state index contributed by atoms with van der Waals surface area (Å²) in [5, 5.41) is 5.53. The van der Waals surface area contributed by atoms with E-state index in [4.69, 9.17) is 13.9 Å². The van der Waals surface area contributed by atoms with E-state index in [0.717, 1.165) is 11.3 Å². The first-order chi connectivity index (χ1) is 13.1. The van der Waals surface area contributed by atoms with Crippen LogP contribution in [0.4, 0.5) is 10.5 Å². The number of hydrogen-bond donors (Lipinski definition) is 2. The van der Waals surface area contributed by atoms with Crippen molar-refractivity contribution in [1.29, 1.82) is 0 Å². The molecule has 27 heavy (non-hydrogen) atoms. The van der Waals surface area contributed by atoms with Crippen LogP contribution in [-0.4, -0.2) is 25.2 Å². The highest BCUT2D eigenvalue weighted by atomic mass is 16.5. The van der Waals surface area contributed by atoms with Gasteiger partial charge in [-0.2, -0.15) is 0 Å². The molecule has 0 unspecified atom stereocenters. The van der Waals surface area contributed by atoms with E-state index in [1.807, 2.05) is 37.3 Å². The molecule has 0 atom stereocenters. The Hall–Kier alpha value is -3.48. The molecule has 1 aromatic heterocycles. The molecule has 0 bridgehead atoms. The fourth-order valence-corrected chi connectivity index (χ4v) is 2.49. The van der Waals surface area contributed by atoms with Crippen LogP contribution in [0.5, 0.6) is 11.5 Å². The Morgan fingerprint density at radius 1 is 1.07 bits per heavy atom. The van der Waals surface area contributed by atoms with Gasteiger partial charge in [0.15, 0.2) is 0 Å². The number of oxazole rings is 1. The molecule has 0 saturated carbocycles. The zero-order valence-corrected chi connectivity index (χ0v) is 15.4. The molecule has 2 amide bonds. The first-order valence-electron chi connectivity index (χ1n) is 8.38. The van der Waals surface area contributed by atoms with Gasteiger partial charge in [0, 0.05) is 17.3 Å². The lowest BCUT2D eigenvalue weighted by molar-refractivity contribution is 0.251. The number of carbonyl (C=O) groups excluding carboxylic acids is 1. The van der Waals surface area contributed by atoms with Crippen LogP contribution < -0.4 is 20.1 Å². The van der Waals surface area contributed by atoms with Crippen molar-refractivity contribution >= 4 is 11.7 Å². The normalized spacial score (nSPS) is 10.3. The van der Waals surface area contributed by atoms with Gasteiger partial charge < -0.3 is 24.5 Å². The average Bonchev–Trinajstić information content (AvgIpc) is 3.07. The highest BCUT2D eigenvalue weighted by molar-refractivity contribution is 5.89. The van der Waals surface area contributed by atoms with Crippen molar-refractivity contribution in [2.75, 3.05) is 19.5 Å². The minimum atomic E-state index is -0.336. The summed E-state index contributed by atoms with van der Waals surface area (Å²) in [6.45, 7) is 2.07. The van der Waals surface area contributed by atoms with Gasteiger partial charge in [0.05, 0.1) is 20.8 Å². The van der Waals surface area contributed by atoms with Crippen LogP contribution in [0.1, 0.15) is 11.5 Å². The average molecular weight is 367 g/mol. The SMILES string of the molecule is COc1ccc(-c2nc(CNC(=O)Nc3cccc(OC)c3)c(C)o2)cc1. The number of aryl methyl sites for hydroxylation is 1.